The molecule has 7 aromatic carbocycles. The van der Waals surface area contributed by atoms with E-state index in [9.17, 15) is 0 Å². The van der Waals surface area contributed by atoms with Gasteiger partial charge in [-0.25, -0.2) is 0 Å². The number of aromatic nitrogens is 2. The third-order valence-corrected chi connectivity index (χ3v) is 13.1. The predicted molar refractivity (Wildman–Crippen MR) is 216 cm³/mol. The molecular formula is C48H30N2S2. The minimum Gasteiger partial charge on any atom is -0.309 e. The number of pyridine rings is 1. The van der Waals surface area contributed by atoms with E-state index < -0.39 is 5.41 Å². The topological polar surface area (TPSA) is 17.8 Å². The molecular weight excluding hydrogens is 669 g/mol. The van der Waals surface area contributed by atoms with Gasteiger partial charge in [0.05, 0.1) is 22.1 Å². The van der Waals surface area contributed by atoms with Gasteiger partial charge in [-0.3, -0.25) is 4.98 Å². The molecule has 2 aliphatic heterocycles. The van der Waals surface area contributed by atoms with E-state index in [2.05, 4.69) is 174 Å². The Hall–Kier alpha value is -5.81. The first kappa shape index (κ1) is 29.9. The summed E-state index contributed by atoms with van der Waals surface area (Å²) in [4.78, 5) is 9.87. The molecule has 244 valence electrons. The fourth-order valence-electron chi connectivity index (χ4n) is 8.67. The second kappa shape index (κ2) is 11.6. The molecule has 2 aromatic heterocycles. The van der Waals surface area contributed by atoms with Gasteiger partial charge in [0.15, 0.2) is 0 Å². The Morgan fingerprint density at radius 1 is 0.462 bits per heavy atom. The molecule has 1 unspecified atom stereocenters. The summed E-state index contributed by atoms with van der Waals surface area (Å²) in [6.45, 7) is 0. The molecule has 0 saturated carbocycles. The zero-order chi connectivity index (χ0) is 34.2. The Balaban J connectivity index is 1.24. The van der Waals surface area contributed by atoms with Gasteiger partial charge in [-0.05, 0) is 76.3 Å². The molecule has 52 heavy (non-hydrogen) atoms. The highest BCUT2D eigenvalue weighted by Crippen LogP contribution is 2.63. The first-order chi connectivity index (χ1) is 25.8. The van der Waals surface area contributed by atoms with E-state index in [0.29, 0.717) is 0 Å². The smallest absolute Gasteiger partial charge is 0.0745 e. The largest absolute Gasteiger partial charge is 0.309 e. The maximum Gasteiger partial charge on any atom is 0.0745 e. The van der Waals surface area contributed by atoms with E-state index >= 15 is 0 Å². The van der Waals surface area contributed by atoms with E-state index in [1.165, 1.54) is 74.8 Å². The van der Waals surface area contributed by atoms with Crippen molar-refractivity contribution in [1.82, 2.24) is 9.55 Å². The van der Waals surface area contributed by atoms with Crippen molar-refractivity contribution in [2.24, 2.45) is 0 Å². The van der Waals surface area contributed by atoms with Crippen molar-refractivity contribution in [2.75, 3.05) is 0 Å². The summed E-state index contributed by atoms with van der Waals surface area (Å²) in [5.41, 5.74) is 13.0. The molecule has 2 nitrogen and oxygen atoms in total. The molecule has 1 atom stereocenters. The summed E-state index contributed by atoms with van der Waals surface area (Å²) in [6.07, 6.45) is 1.88. The van der Waals surface area contributed by atoms with Crippen LogP contribution >= 0.6 is 23.5 Å². The van der Waals surface area contributed by atoms with Gasteiger partial charge in [0.2, 0.25) is 0 Å². The maximum atomic E-state index is 4.72. The number of nitrogens with zero attached hydrogens (tertiary/aromatic N) is 2. The molecule has 4 heteroatoms. The van der Waals surface area contributed by atoms with Crippen molar-refractivity contribution in [3.05, 3.63) is 204 Å². The summed E-state index contributed by atoms with van der Waals surface area (Å²) >= 11 is 3.79. The molecule has 0 bridgehead atoms. The van der Waals surface area contributed by atoms with Crippen molar-refractivity contribution < 1.29 is 0 Å². The summed E-state index contributed by atoms with van der Waals surface area (Å²) in [5, 5.41) is 2.52. The van der Waals surface area contributed by atoms with Crippen LogP contribution in [0.2, 0.25) is 0 Å². The highest BCUT2D eigenvalue weighted by molar-refractivity contribution is 8.00. The van der Waals surface area contributed by atoms with Crippen LogP contribution in [0.3, 0.4) is 0 Å². The van der Waals surface area contributed by atoms with E-state index in [1.807, 2.05) is 35.8 Å². The molecule has 2 aliphatic rings. The molecule has 0 saturated heterocycles. The predicted octanol–water partition coefficient (Wildman–Crippen LogP) is 12.8. The van der Waals surface area contributed by atoms with Gasteiger partial charge >= 0.3 is 0 Å². The van der Waals surface area contributed by atoms with Crippen LogP contribution in [-0.4, -0.2) is 9.55 Å². The standard InChI is InChI=1S/C48H30N2S2/c1-2-14-32(15-3-1)50-42-24-7-4-16-33(42)34-17-12-18-35(46(34)50)36-19-13-22-40-47(36)52-44-26-9-6-21-38(44)48(40)37-20-5-8-25-43(37)51-45-30-31(27-28-39(45)48)41-23-10-11-29-49-41/h1-30H. The van der Waals surface area contributed by atoms with Crippen LogP contribution in [0.1, 0.15) is 22.3 Å². The van der Waals surface area contributed by atoms with Crippen LogP contribution < -0.4 is 0 Å². The molecule has 0 amide bonds. The molecule has 9 aromatic rings. The monoisotopic (exact) mass is 698 g/mol. The zero-order valence-corrected chi connectivity index (χ0v) is 29.7. The SMILES string of the molecule is c1ccc(-n2c3ccccc3c3cccc(-c4cccc5c4Sc4ccccc4C54c5ccccc5Sc5cc(-c6ccccn6)ccc54)c32)cc1. The van der Waals surface area contributed by atoms with Gasteiger partial charge in [-0.1, -0.05) is 151 Å². The van der Waals surface area contributed by atoms with Crippen LogP contribution in [0.5, 0.6) is 0 Å². The lowest BCUT2D eigenvalue weighted by atomic mass is 9.64. The summed E-state index contributed by atoms with van der Waals surface area (Å²) in [7, 11) is 0. The van der Waals surface area contributed by atoms with Crippen LogP contribution in [-0.2, 0) is 5.41 Å². The van der Waals surface area contributed by atoms with Crippen molar-refractivity contribution >= 4 is 45.3 Å². The van der Waals surface area contributed by atoms with Gasteiger partial charge in [0, 0.05) is 53.4 Å². The van der Waals surface area contributed by atoms with Gasteiger partial charge in [0.1, 0.15) is 0 Å². The number of hydrogen-bond acceptors (Lipinski definition) is 3. The van der Waals surface area contributed by atoms with Gasteiger partial charge < -0.3 is 4.57 Å². The highest BCUT2D eigenvalue weighted by Gasteiger charge is 2.49. The Morgan fingerprint density at radius 3 is 1.94 bits per heavy atom. The van der Waals surface area contributed by atoms with Crippen LogP contribution in [0.25, 0.3) is 49.9 Å². The van der Waals surface area contributed by atoms with E-state index in [-0.39, 0.29) is 0 Å². The Morgan fingerprint density at radius 2 is 1.12 bits per heavy atom. The van der Waals surface area contributed by atoms with E-state index in [0.717, 1.165) is 16.9 Å². The average Bonchev–Trinajstić information content (AvgIpc) is 3.56. The quantitative estimate of drug-likeness (QED) is 0.183. The fourth-order valence-corrected chi connectivity index (χ4v) is 11.2. The molecule has 11 rings (SSSR count). The number of para-hydroxylation sites is 3. The molecule has 1 spiro atoms. The van der Waals surface area contributed by atoms with Crippen LogP contribution in [0.4, 0.5) is 0 Å². The van der Waals surface area contributed by atoms with Crippen molar-refractivity contribution in [3.63, 3.8) is 0 Å². The average molecular weight is 699 g/mol. The molecule has 0 N–H and O–H groups in total. The normalized spacial score (nSPS) is 15.6. The first-order valence-electron chi connectivity index (χ1n) is 17.6. The minimum absolute atomic E-state index is 0.507. The molecule has 0 fully saturated rings. The van der Waals surface area contributed by atoms with E-state index in [1.54, 1.807) is 0 Å². The summed E-state index contributed by atoms with van der Waals surface area (Å²) < 4.78 is 2.46. The lowest BCUT2D eigenvalue weighted by Gasteiger charge is -2.46. The fraction of sp³-hybridized carbons (Fsp3) is 0.0208. The third-order valence-electron chi connectivity index (χ3n) is 10.8. The lowest BCUT2D eigenvalue weighted by molar-refractivity contribution is 0.668. The van der Waals surface area contributed by atoms with Crippen molar-refractivity contribution in [2.45, 2.75) is 25.0 Å². The van der Waals surface area contributed by atoms with Gasteiger partial charge in [0.25, 0.3) is 0 Å². The van der Waals surface area contributed by atoms with Crippen molar-refractivity contribution in [1.29, 1.82) is 0 Å². The molecule has 0 aliphatic carbocycles. The third kappa shape index (κ3) is 4.19. The summed E-state index contributed by atoms with van der Waals surface area (Å²) in [5.74, 6) is 0. The minimum atomic E-state index is -0.507. The summed E-state index contributed by atoms with van der Waals surface area (Å²) in [6, 6.07) is 64.7. The number of hydrogen-bond donors (Lipinski definition) is 0. The second-order valence-electron chi connectivity index (χ2n) is 13.4. The Bertz CT molecular complexity index is 2850. The number of benzene rings is 7. The number of rotatable bonds is 3. The van der Waals surface area contributed by atoms with Crippen LogP contribution in [0, 0.1) is 0 Å². The van der Waals surface area contributed by atoms with Gasteiger partial charge in [-0.2, -0.15) is 0 Å². The molecule has 0 radical (unpaired) electrons. The first-order valence-corrected chi connectivity index (χ1v) is 19.3. The maximum absolute atomic E-state index is 4.72. The van der Waals surface area contributed by atoms with Gasteiger partial charge in [-0.15, -0.1) is 0 Å². The van der Waals surface area contributed by atoms with Crippen molar-refractivity contribution in [3.8, 4) is 28.1 Å². The second-order valence-corrected chi connectivity index (χ2v) is 15.6. The van der Waals surface area contributed by atoms with E-state index in [4.69, 9.17) is 4.98 Å². The number of fused-ring (bicyclic) bond motifs is 11. The highest BCUT2D eigenvalue weighted by atomic mass is 32.2. The van der Waals surface area contributed by atoms with Crippen LogP contribution in [0.15, 0.2) is 202 Å². The lowest BCUT2D eigenvalue weighted by Crippen LogP contribution is -2.36. The zero-order valence-electron chi connectivity index (χ0n) is 28.0. The molecule has 4 heterocycles. The Labute approximate surface area is 310 Å². The Kier molecular flexibility index (Phi) is 6.67.